The third kappa shape index (κ3) is 1.74. The smallest absolute Gasteiger partial charge is 0.140 e. The number of rotatable bonds is 1. The maximum absolute atomic E-state index is 9.49. The van der Waals surface area contributed by atoms with E-state index in [9.17, 15) is 5.11 Å². The van der Waals surface area contributed by atoms with Gasteiger partial charge in [-0.2, -0.15) is 0 Å². The van der Waals surface area contributed by atoms with Gasteiger partial charge in [0.15, 0.2) is 0 Å². The van der Waals surface area contributed by atoms with Gasteiger partial charge in [-0.15, -0.1) is 6.42 Å². The minimum atomic E-state index is -0.778. The summed E-state index contributed by atoms with van der Waals surface area (Å²) < 4.78 is 0. The molecule has 1 atom stereocenters. The van der Waals surface area contributed by atoms with Crippen molar-refractivity contribution in [3.63, 3.8) is 0 Å². The molecule has 0 aliphatic carbocycles. The van der Waals surface area contributed by atoms with Gasteiger partial charge < -0.3 is 5.11 Å². The monoisotopic (exact) mass is 174 g/mol. The van der Waals surface area contributed by atoms with Crippen molar-refractivity contribution in [2.24, 2.45) is 0 Å². The summed E-state index contributed by atoms with van der Waals surface area (Å²) in [7, 11) is 0. The summed E-state index contributed by atoms with van der Waals surface area (Å²) in [4.78, 5) is 0. The molecular formula is C12H14O. The van der Waals surface area contributed by atoms with Crippen LogP contribution in [-0.2, 0) is 0 Å². The highest BCUT2D eigenvalue weighted by atomic mass is 16.3. The lowest BCUT2D eigenvalue weighted by molar-refractivity contribution is 0.237. The van der Waals surface area contributed by atoms with Crippen LogP contribution in [0.25, 0.3) is 0 Å². The van der Waals surface area contributed by atoms with Crippen LogP contribution in [0.4, 0.5) is 0 Å². The summed E-state index contributed by atoms with van der Waals surface area (Å²) >= 11 is 0. The Morgan fingerprint density at radius 1 is 1.23 bits per heavy atom. The Labute approximate surface area is 79.4 Å². The first-order chi connectivity index (χ1) is 6.07. The van der Waals surface area contributed by atoms with Crippen molar-refractivity contribution in [1.29, 1.82) is 0 Å². The second kappa shape index (κ2) is 3.64. The molecular weight excluding hydrogens is 160 g/mol. The molecule has 1 heteroatoms. The van der Waals surface area contributed by atoms with E-state index in [0.29, 0.717) is 0 Å². The zero-order valence-corrected chi connectivity index (χ0v) is 8.26. The van der Waals surface area contributed by atoms with Gasteiger partial charge in [-0.05, 0) is 43.0 Å². The van der Waals surface area contributed by atoms with Gasteiger partial charge >= 0.3 is 0 Å². The number of aliphatic hydroxyl groups is 1. The largest absolute Gasteiger partial charge is 0.376 e. The Kier molecular flexibility index (Phi) is 2.75. The second-order valence-corrected chi connectivity index (χ2v) is 3.29. The molecule has 1 nitrogen and oxygen atoms in total. The van der Waals surface area contributed by atoms with Crippen molar-refractivity contribution in [3.8, 4) is 12.3 Å². The van der Waals surface area contributed by atoms with E-state index in [1.54, 1.807) is 0 Å². The van der Waals surface area contributed by atoms with E-state index in [1.807, 2.05) is 32.9 Å². The van der Waals surface area contributed by atoms with Gasteiger partial charge in [0.1, 0.15) is 6.10 Å². The van der Waals surface area contributed by atoms with E-state index in [4.69, 9.17) is 6.42 Å². The van der Waals surface area contributed by atoms with Crippen LogP contribution in [0.5, 0.6) is 0 Å². The minimum Gasteiger partial charge on any atom is -0.376 e. The Balaban J connectivity index is 3.28. The van der Waals surface area contributed by atoms with Gasteiger partial charge in [0.05, 0.1) is 0 Å². The topological polar surface area (TPSA) is 20.2 Å². The molecule has 0 saturated heterocycles. The molecule has 0 aliphatic rings. The van der Waals surface area contributed by atoms with Crippen LogP contribution in [0.2, 0.25) is 0 Å². The maximum Gasteiger partial charge on any atom is 0.140 e. The SMILES string of the molecule is C#CC(O)c1ccc(C)c(C)c1C. The van der Waals surface area contributed by atoms with Gasteiger partial charge in [-0.1, -0.05) is 18.1 Å². The van der Waals surface area contributed by atoms with E-state index < -0.39 is 6.10 Å². The Bertz CT molecular complexity index is 358. The molecule has 0 amide bonds. The van der Waals surface area contributed by atoms with Crippen molar-refractivity contribution >= 4 is 0 Å². The average molecular weight is 174 g/mol. The third-order valence-corrected chi connectivity index (χ3v) is 2.55. The Morgan fingerprint density at radius 3 is 2.38 bits per heavy atom. The molecule has 0 spiro atoms. The van der Waals surface area contributed by atoms with Gasteiger partial charge in [0, 0.05) is 0 Å². The Hall–Kier alpha value is -1.26. The predicted molar refractivity (Wildman–Crippen MR) is 54.4 cm³/mol. The summed E-state index contributed by atoms with van der Waals surface area (Å²) in [5.41, 5.74) is 4.35. The predicted octanol–water partition coefficient (Wildman–Crippen LogP) is 2.28. The summed E-state index contributed by atoms with van der Waals surface area (Å²) in [5.74, 6) is 2.32. The quantitative estimate of drug-likeness (QED) is 0.647. The van der Waals surface area contributed by atoms with Crippen molar-refractivity contribution in [2.75, 3.05) is 0 Å². The van der Waals surface area contributed by atoms with E-state index in [1.165, 1.54) is 11.1 Å². The van der Waals surface area contributed by atoms with Gasteiger partial charge in [-0.3, -0.25) is 0 Å². The van der Waals surface area contributed by atoms with E-state index in [0.717, 1.165) is 11.1 Å². The number of aliphatic hydroxyl groups excluding tert-OH is 1. The lowest BCUT2D eigenvalue weighted by Gasteiger charge is -2.12. The van der Waals surface area contributed by atoms with Crippen LogP contribution in [-0.4, -0.2) is 5.11 Å². The number of hydrogen-bond acceptors (Lipinski definition) is 1. The molecule has 0 heterocycles. The van der Waals surface area contributed by atoms with Crippen LogP contribution in [0.1, 0.15) is 28.4 Å². The van der Waals surface area contributed by atoms with E-state index in [-0.39, 0.29) is 0 Å². The van der Waals surface area contributed by atoms with Gasteiger partial charge in [0.2, 0.25) is 0 Å². The number of hydrogen-bond donors (Lipinski definition) is 1. The lowest BCUT2D eigenvalue weighted by atomic mass is 9.96. The molecule has 13 heavy (non-hydrogen) atoms. The van der Waals surface area contributed by atoms with Crippen LogP contribution >= 0.6 is 0 Å². The molecule has 0 fully saturated rings. The van der Waals surface area contributed by atoms with E-state index in [2.05, 4.69) is 5.92 Å². The van der Waals surface area contributed by atoms with Crippen LogP contribution in [0.15, 0.2) is 12.1 Å². The molecule has 0 bridgehead atoms. The van der Waals surface area contributed by atoms with Crippen LogP contribution < -0.4 is 0 Å². The van der Waals surface area contributed by atoms with Crippen molar-refractivity contribution in [2.45, 2.75) is 26.9 Å². The first-order valence-corrected chi connectivity index (χ1v) is 4.28. The maximum atomic E-state index is 9.49. The molecule has 0 radical (unpaired) electrons. The number of aryl methyl sites for hydroxylation is 1. The first-order valence-electron chi connectivity index (χ1n) is 4.28. The molecule has 1 unspecified atom stereocenters. The fraction of sp³-hybridized carbons (Fsp3) is 0.333. The first kappa shape index (κ1) is 9.83. The van der Waals surface area contributed by atoms with Crippen molar-refractivity contribution < 1.29 is 5.11 Å². The highest BCUT2D eigenvalue weighted by Gasteiger charge is 2.09. The highest BCUT2D eigenvalue weighted by molar-refractivity contribution is 5.41. The van der Waals surface area contributed by atoms with Crippen LogP contribution in [0.3, 0.4) is 0 Å². The normalized spacial score (nSPS) is 12.2. The Morgan fingerprint density at radius 2 is 1.85 bits per heavy atom. The molecule has 0 aliphatic heterocycles. The van der Waals surface area contributed by atoms with E-state index >= 15 is 0 Å². The molecule has 0 saturated carbocycles. The fourth-order valence-electron chi connectivity index (χ4n) is 1.36. The zero-order chi connectivity index (χ0) is 10.0. The van der Waals surface area contributed by atoms with Crippen LogP contribution in [0, 0.1) is 33.1 Å². The summed E-state index contributed by atoms with van der Waals surface area (Å²) in [6.07, 6.45) is 4.38. The lowest BCUT2D eigenvalue weighted by Crippen LogP contribution is -1.99. The van der Waals surface area contributed by atoms with Gasteiger partial charge in [0.25, 0.3) is 0 Å². The second-order valence-electron chi connectivity index (χ2n) is 3.29. The minimum absolute atomic E-state index is 0.778. The summed E-state index contributed by atoms with van der Waals surface area (Å²) in [5, 5.41) is 9.49. The number of benzene rings is 1. The molecule has 1 rings (SSSR count). The van der Waals surface area contributed by atoms with Gasteiger partial charge in [-0.25, -0.2) is 0 Å². The number of terminal acetylenes is 1. The molecule has 68 valence electrons. The molecule has 1 aromatic carbocycles. The summed E-state index contributed by atoms with van der Waals surface area (Å²) in [6, 6.07) is 3.88. The average Bonchev–Trinajstić information content (AvgIpc) is 2.13. The zero-order valence-electron chi connectivity index (χ0n) is 8.26. The third-order valence-electron chi connectivity index (χ3n) is 2.55. The fourth-order valence-corrected chi connectivity index (χ4v) is 1.36. The molecule has 0 aromatic heterocycles. The molecule has 1 aromatic rings. The summed E-state index contributed by atoms with van der Waals surface area (Å²) in [6.45, 7) is 6.07. The standard InChI is InChI=1S/C12H14O/c1-5-12(13)11-7-6-8(2)9(3)10(11)4/h1,6-7,12-13H,2-4H3. The van der Waals surface area contributed by atoms with Crippen molar-refractivity contribution in [3.05, 3.63) is 34.4 Å². The molecule has 1 N–H and O–H groups in total. The van der Waals surface area contributed by atoms with Crippen molar-refractivity contribution in [1.82, 2.24) is 0 Å². The highest BCUT2D eigenvalue weighted by Crippen LogP contribution is 2.22.